The first-order valence-electron chi connectivity index (χ1n) is 10.8. The Balaban J connectivity index is 1.65. The highest BCUT2D eigenvalue weighted by Gasteiger charge is 2.31. The lowest BCUT2D eigenvalue weighted by molar-refractivity contribution is -0.316. The largest absolute Gasteiger partial charge is 0.876 e. The summed E-state index contributed by atoms with van der Waals surface area (Å²) in [6.45, 7) is 9.98. The van der Waals surface area contributed by atoms with Gasteiger partial charge in [0.05, 0.1) is 5.56 Å². The first-order valence-corrected chi connectivity index (χ1v) is 10.8. The Hall–Kier alpha value is -2.94. The van der Waals surface area contributed by atoms with Gasteiger partial charge in [-0.15, -0.1) is 12.3 Å². The molecule has 0 fully saturated rings. The molecule has 0 unspecified atom stereocenters. The second-order valence-electron chi connectivity index (χ2n) is 8.60. The molecule has 4 rings (SSSR count). The van der Waals surface area contributed by atoms with Gasteiger partial charge in [0.15, 0.2) is 0 Å². The molecule has 3 heteroatoms. The lowest BCUT2D eigenvalue weighted by Gasteiger charge is -2.32. The van der Waals surface area contributed by atoms with Crippen LogP contribution in [-0.2, 0) is 12.8 Å². The standard InChI is InChI=1S/C27H30O3/c1-17(24(18(2)28)16-20-9-5-4-6-10-20)15-25-26(29)14-13-23-22-12-8-7-11-21(22)19(3)30-27(23)25/h4-6,9-10,13-14,17,24,28-29H,2-3,7-8,11-12,15-16H2,1H3/t17-,24-/m0/s1. The fraction of sp³-hybridized carbons (Fsp3) is 0.333. The van der Waals surface area contributed by atoms with Crippen molar-refractivity contribution < 1.29 is 14.9 Å². The highest BCUT2D eigenvalue weighted by molar-refractivity contribution is 5.80. The van der Waals surface area contributed by atoms with Gasteiger partial charge in [0.1, 0.15) is 11.5 Å². The third-order valence-electron chi connectivity index (χ3n) is 6.54. The molecular weight excluding hydrogens is 372 g/mol. The molecule has 1 aliphatic carbocycles. The molecule has 2 N–H and O–H groups in total. The number of ether oxygens (including phenoxy) is 1. The third-order valence-corrected chi connectivity index (χ3v) is 6.54. The predicted molar refractivity (Wildman–Crippen MR) is 120 cm³/mol. The van der Waals surface area contributed by atoms with E-state index in [1.165, 1.54) is 24.0 Å². The van der Waals surface area contributed by atoms with E-state index in [0.717, 1.165) is 41.0 Å². The predicted octanol–water partition coefficient (Wildman–Crippen LogP) is 5.27. The minimum Gasteiger partial charge on any atom is -0.876 e. The van der Waals surface area contributed by atoms with Gasteiger partial charge in [-0.2, -0.15) is 0 Å². The van der Waals surface area contributed by atoms with Gasteiger partial charge < -0.3 is 14.9 Å². The molecule has 1 aliphatic heterocycles. The summed E-state index contributed by atoms with van der Waals surface area (Å²) < 4.78 is 6.20. The molecule has 0 radical (unpaired) electrons. The Bertz CT molecular complexity index is 1000. The van der Waals surface area contributed by atoms with E-state index < -0.39 is 0 Å². The van der Waals surface area contributed by atoms with E-state index >= 15 is 0 Å². The van der Waals surface area contributed by atoms with Crippen LogP contribution in [0, 0.1) is 11.8 Å². The fourth-order valence-electron chi connectivity index (χ4n) is 4.84. The summed E-state index contributed by atoms with van der Waals surface area (Å²) in [7, 11) is 0. The first kappa shape index (κ1) is 20.3. The zero-order valence-corrected chi connectivity index (χ0v) is 17.7. The van der Waals surface area contributed by atoms with E-state index in [4.69, 9.17) is 9.84 Å². The molecule has 1 heterocycles. The molecule has 0 saturated carbocycles. The van der Waals surface area contributed by atoms with E-state index in [1.807, 2.05) is 42.5 Å². The zero-order chi connectivity index (χ0) is 21.3. The fourth-order valence-corrected chi connectivity index (χ4v) is 4.84. The monoisotopic (exact) mass is 402 g/mol. The number of hydrogen-bond acceptors (Lipinski definition) is 2. The lowest BCUT2D eigenvalue weighted by atomic mass is 9.80. The maximum Gasteiger partial charge on any atom is 0.260 e. The molecule has 30 heavy (non-hydrogen) atoms. The summed E-state index contributed by atoms with van der Waals surface area (Å²) in [6, 6.07) is 14.0. The second-order valence-corrected chi connectivity index (χ2v) is 8.60. The molecule has 2 aliphatic rings. The maximum atomic E-state index is 12.4. The molecule has 2 aromatic rings. The quantitative estimate of drug-likeness (QED) is 0.488. The van der Waals surface area contributed by atoms with Crippen LogP contribution in [0.4, 0.5) is 0 Å². The number of hydrogen-bond donors (Lipinski definition) is 0. The smallest absolute Gasteiger partial charge is 0.260 e. The molecule has 0 spiro atoms. The molecule has 0 aromatic heterocycles. The summed E-state index contributed by atoms with van der Waals surface area (Å²) in [5, 5.41) is 20.9. The number of fused-ring (bicyclic) bond motifs is 2. The van der Waals surface area contributed by atoms with E-state index in [2.05, 4.69) is 20.1 Å². The van der Waals surface area contributed by atoms with Crippen LogP contribution in [0.2, 0.25) is 0 Å². The molecule has 0 saturated heterocycles. The highest BCUT2D eigenvalue weighted by atomic mass is 16.5. The van der Waals surface area contributed by atoms with Crippen molar-refractivity contribution >= 4 is 5.57 Å². The first-order chi connectivity index (χ1) is 14.5. The average molecular weight is 403 g/mol. The molecule has 0 amide bonds. The van der Waals surface area contributed by atoms with Gasteiger partial charge >= 0.3 is 0 Å². The summed E-state index contributed by atoms with van der Waals surface area (Å²) in [6.07, 6.45) is 5.66. The van der Waals surface area contributed by atoms with E-state index in [0.29, 0.717) is 18.6 Å². The van der Waals surface area contributed by atoms with Crippen molar-refractivity contribution in [2.24, 2.45) is 11.8 Å². The lowest BCUT2D eigenvalue weighted by Crippen LogP contribution is -2.25. The van der Waals surface area contributed by atoms with Crippen LogP contribution >= 0.6 is 0 Å². The van der Waals surface area contributed by atoms with Crippen LogP contribution in [-0.4, -0.2) is 5.11 Å². The number of rotatable bonds is 6. The molecule has 0 bridgehead atoms. The van der Waals surface area contributed by atoms with Gasteiger partial charge in [0.25, 0.3) is 5.75 Å². The van der Waals surface area contributed by atoms with E-state index in [-0.39, 0.29) is 17.6 Å². The molecule has 156 valence electrons. The highest BCUT2D eigenvalue weighted by Crippen LogP contribution is 2.48. The van der Waals surface area contributed by atoms with Gasteiger partial charge in [-0.25, -0.2) is 0 Å². The minimum atomic E-state index is -0.195. The third kappa shape index (κ3) is 3.89. The van der Waals surface area contributed by atoms with Crippen molar-refractivity contribution in [1.82, 2.24) is 0 Å². The van der Waals surface area contributed by atoms with E-state index in [1.54, 1.807) is 0 Å². The SMILES string of the molecule is C=C1Oc2c(ccc([OH2+])c2C[C@H](C)[C@H](Cc2ccccc2)C(=C)[O-])C2=C1CCCC2. The molecule has 2 aromatic carbocycles. The van der Waals surface area contributed by atoms with Crippen molar-refractivity contribution in [3.05, 3.63) is 89.4 Å². The van der Waals surface area contributed by atoms with E-state index in [9.17, 15) is 5.11 Å². The van der Waals surface area contributed by atoms with Crippen LogP contribution in [0.1, 0.15) is 49.3 Å². The van der Waals surface area contributed by atoms with Crippen LogP contribution in [0.15, 0.2) is 72.7 Å². The van der Waals surface area contributed by atoms with Gasteiger partial charge in [-0.1, -0.05) is 43.8 Å². The van der Waals surface area contributed by atoms with Gasteiger partial charge in [-0.3, -0.25) is 0 Å². The van der Waals surface area contributed by atoms with Gasteiger partial charge in [0.2, 0.25) is 0 Å². The topological polar surface area (TPSA) is 55.2 Å². The minimum absolute atomic E-state index is 0.0457. The van der Waals surface area contributed by atoms with Crippen molar-refractivity contribution in [2.45, 2.75) is 45.4 Å². The van der Waals surface area contributed by atoms with Crippen LogP contribution in [0.3, 0.4) is 0 Å². The average Bonchev–Trinajstić information content (AvgIpc) is 2.75. The Morgan fingerprint density at radius 3 is 2.47 bits per heavy atom. The Morgan fingerprint density at radius 1 is 1.07 bits per heavy atom. The summed E-state index contributed by atoms with van der Waals surface area (Å²) >= 11 is 0. The summed E-state index contributed by atoms with van der Waals surface area (Å²) in [4.78, 5) is 0. The van der Waals surface area contributed by atoms with Crippen LogP contribution in [0.25, 0.3) is 5.57 Å². The van der Waals surface area contributed by atoms with Crippen molar-refractivity contribution in [1.29, 1.82) is 0 Å². The summed E-state index contributed by atoms with van der Waals surface area (Å²) in [5.74, 6) is 1.76. The normalized spacial score (nSPS) is 17.6. The number of allylic oxidation sites excluding steroid dienone is 3. The van der Waals surface area contributed by atoms with Gasteiger partial charge in [0, 0.05) is 11.6 Å². The number of benzene rings is 2. The van der Waals surface area contributed by atoms with Crippen LogP contribution in [0.5, 0.6) is 11.5 Å². The molecular formula is C27H30O3. The molecule has 2 atom stereocenters. The zero-order valence-electron chi connectivity index (χ0n) is 17.7. The van der Waals surface area contributed by atoms with Crippen molar-refractivity contribution in [3.8, 4) is 11.5 Å². The van der Waals surface area contributed by atoms with Crippen LogP contribution < -0.4 is 9.84 Å². The van der Waals surface area contributed by atoms with Crippen molar-refractivity contribution in [3.63, 3.8) is 0 Å². The Labute approximate surface area is 179 Å². The molecule has 3 nitrogen and oxygen atoms in total. The van der Waals surface area contributed by atoms with Gasteiger partial charge in [-0.05, 0) is 73.1 Å². The summed E-state index contributed by atoms with van der Waals surface area (Å²) in [5.41, 5.74) is 5.68. The second kappa shape index (κ2) is 8.43. The Kier molecular flexibility index (Phi) is 5.72. The maximum absolute atomic E-state index is 12.4. The Morgan fingerprint density at radius 2 is 1.77 bits per heavy atom. The van der Waals surface area contributed by atoms with Crippen molar-refractivity contribution in [2.75, 3.05) is 0 Å².